The van der Waals surface area contributed by atoms with E-state index in [1.54, 1.807) is 0 Å². The van der Waals surface area contributed by atoms with Crippen LogP contribution in [0.25, 0.3) is 11.2 Å². The summed E-state index contributed by atoms with van der Waals surface area (Å²) < 4.78 is 26.9. The highest BCUT2D eigenvalue weighted by atomic mass is 19.1. The Morgan fingerprint density at radius 2 is 1.86 bits per heavy atom. The lowest BCUT2D eigenvalue weighted by Crippen LogP contribution is -2.21. The number of rotatable bonds is 2. The van der Waals surface area contributed by atoms with Crippen molar-refractivity contribution in [3.05, 3.63) is 42.5 Å². The number of carbonyl (C=O) groups excluding carboxylic acids is 1. The van der Waals surface area contributed by atoms with Gasteiger partial charge in [-0.2, -0.15) is 0 Å². The van der Waals surface area contributed by atoms with Gasteiger partial charge in [-0.05, 0) is 12.1 Å². The van der Waals surface area contributed by atoms with Crippen LogP contribution in [0, 0.1) is 11.6 Å². The molecule has 7 nitrogen and oxygen atoms in total. The Bertz CT molecular complexity index is 798. The van der Waals surface area contributed by atoms with Gasteiger partial charge >= 0.3 is 6.03 Å². The van der Waals surface area contributed by atoms with Gasteiger partial charge in [0.15, 0.2) is 17.0 Å². The van der Waals surface area contributed by atoms with E-state index in [1.165, 1.54) is 18.7 Å². The SMILES string of the molecule is O=C(Nc1c(F)cccc1F)Nc1ncnc2[nH]cnc12. The average molecular weight is 290 g/mol. The van der Waals surface area contributed by atoms with E-state index in [4.69, 9.17) is 0 Å². The number of H-pyrrole nitrogens is 1. The highest BCUT2D eigenvalue weighted by molar-refractivity contribution is 6.02. The van der Waals surface area contributed by atoms with Gasteiger partial charge in [0, 0.05) is 0 Å². The second-order valence-corrected chi connectivity index (χ2v) is 4.00. The van der Waals surface area contributed by atoms with Gasteiger partial charge < -0.3 is 10.3 Å². The maximum atomic E-state index is 13.4. The summed E-state index contributed by atoms with van der Waals surface area (Å²) in [5.74, 6) is -1.63. The van der Waals surface area contributed by atoms with Crippen LogP contribution < -0.4 is 10.6 Å². The Kier molecular flexibility index (Phi) is 3.14. The molecule has 0 fully saturated rings. The van der Waals surface area contributed by atoms with Gasteiger partial charge in [0.05, 0.1) is 6.33 Å². The van der Waals surface area contributed by atoms with Gasteiger partial charge in [-0.1, -0.05) is 6.07 Å². The summed E-state index contributed by atoms with van der Waals surface area (Å²) in [6, 6.07) is 2.43. The minimum absolute atomic E-state index is 0.121. The lowest BCUT2D eigenvalue weighted by Gasteiger charge is -2.08. The van der Waals surface area contributed by atoms with E-state index in [-0.39, 0.29) is 5.82 Å². The number of aromatic nitrogens is 4. The first-order chi connectivity index (χ1) is 10.1. The molecule has 3 N–H and O–H groups in total. The number of para-hydroxylation sites is 1. The van der Waals surface area contributed by atoms with Crippen LogP contribution in [-0.2, 0) is 0 Å². The predicted octanol–water partition coefficient (Wildman–Crippen LogP) is 2.28. The second-order valence-electron chi connectivity index (χ2n) is 4.00. The predicted molar refractivity (Wildman–Crippen MR) is 70.7 cm³/mol. The molecule has 0 aliphatic carbocycles. The molecule has 2 heterocycles. The van der Waals surface area contributed by atoms with Crippen LogP contribution in [0.15, 0.2) is 30.9 Å². The molecular formula is C12H8F2N6O. The van der Waals surface area contributed by atoms with Crippen LogP contribution in [-0.4, -0.2) is 26.0 Å². The van der Waals surface area contributed by atoms with Gasteiger partial charge in [-0.15, -0.1) is 0 Å². The minimum atomic E-state index is -0.877. The number of halogens is 2. The molecule has 0 bridgehead atoms. The van der Waals surface area contributed by atoms with Gasteiger partial charge in [0.1, 0.15) is 23.6 Å². The van der Waals surface area contributed by atoms with Crippen molar-refractivity contribution in [2.45, 2.75) is 0 Å². The van der Waals surface area contributed by atoms with Crippen molar-refractivity contribution in [2.24, 2.45) is 0 Å². The smallest absolute Gasteiger partial charge is 0.325 e. The Morgan fingerprint density at radius 3 is 2.62 bits per heavy atom. The van der Waals surface area contributed by atoms with E-state index in [1.807, 2.05) is 0 Å². The molecule has 1 aromatic carbocycles. The summed E-state index contributed by atoms with van der Waals surface area (Å²) in [4.78, 5) is 26.2. The first-order valence-corrected chi connectivity index (χ1v) is 5.81. The third kappa shape index (κ3) is 2.48. The van der Waals surface area contributed by atoms with E-state index in [0.717, 1.165) is 12.1 Å². The number of hydrogen-bond acceptors (Lipinski definition) is 4. The summed E-state index contributed by atoms with van der Waals surface area (Å²) >= 11 is 0. The quantitative estimate of drug-likeness (QED) is 0.674. The van der Waals surface area contributed by atoms with Crippen molar-refractivity contribution >= 4 is 28.7 Å². The zero-order valence-corrected chi connectivity index (χ0v) is 10.4. The fraction of sp³-hybridized carbons (Fsp3) is 0. The molecule has 106 valence electrons. The number of hydrogen-bond donors (Lipinski definition) is 3. The lowest BCUT2D eigenvalue weighted by atomic mass is 10.3. The topological polar surface area (TPSA) is 95.6 Å². The van der Waals surface area contributed by atoms with E-state index < -0.39 is 23.4 Å². The summed E-state index contributed by atoms with van der Waals surface area (Å²) in [6.07, 6.45) is 2.61. The number of anilines is 2. The molecule has 0 aliphatic rings. The van der Waals surface area contributed by atoms with E-state index in [0.29, 0.717) is 11.2 Å². The van der Waals surface area contributed by atoms with E-state index in [2.05, 4.69) is 30.6 Å². The number of nitrogens with zero attached hydrogens (tertiary/aromatic N) is 3. The Labute approximate surface area is 116 Å². The van der Waals surface area contributed by atoms with E-state index in [9.17, 15) is 13.6 Å². The number of carbonyl (C=O) groups is 1. The first-order valence-electron chi connectivity index (χ1n) is 5.81. The summed E-state index contributed by atoms with van der Waals surface area (Å²) in [5, 5.41) is 4.44. The fourth-order valence-electron chi connectivity index (χ4n) is 1.73. The van der Waals surface area contributed by atoms with Crippen LogP contribution in [0.5, 0.6) is 0 Å². The molecule has 2 amide bonds. The van der Waals surface area contributed by atoms with E-state index >= 15 is 0 Å². The Hall–Kier alpha value is -3.10. The normalized spacial score (nSPS) is 10.6. The number of imidazole rings is 1. The third-order valence-corrected chi connectivity index (χ3v) is 2.65. The maximum absolute atomic E-state index is 13.4. The van der Waals surface area contributed by atoms with Gasteiger partial charge in [0.25, 0.3) is 0 Å². The number of nitrogens with one attached hydrogen (secondary N) is 3. The van der Waals surface area contributed by atoms with Crippen molar-refractivity contribution in [3.63, 3.8) is 0 Å². The van der Waals surface area contributed by atoms with Gasteiger partial charge in [0.2, 0.25) is 0 Å². The Balaban J connectivity index is 1.82. The fourth-order valence-corrected chi connectivity index (χ4v) is 1.73. The molecule has 21 heavy (non-hydrogen) atoms. The molecule has 0 saturated heterocycles. The molecule has 3 rings (SSSR count). The van der Waals surface area contributed by atoms with Crippen molar-refractivity contribution in [3.8, 4) is 0 Å². The highest BCUT2D eigenvalue weighted by Gasteiger charge is 2.14. The molecule has 3 aromatic rings. The zero-order chi connectivity index (χ0) is 14.8. The first kappa shape index (κ1) is 12.9. The molecule has 0 spiro atoms. The monoisotopic (exact) mass is 290 g/mol. The largest absolute Gasteiger partial charge is 0.329 e. The van der Waals surface area contributed by atoms with Gasteiger partial charge in [-0.25, -0.2) is 28.5 Å². The van der Waals surface area contributed by atoms with Crippen molar-refractivity contribution < 1.29 is 13.6 Å². The molecular weight excluding hydrogens is 282 g/mol. The zero-order valence-electron chi connectivity index (χ0n) is 10.4. The molecule has 0 saturated carbocycles. The number of amides is 2. The molecule has 0 aliphatic heterocycles. The molecule has 0 unspecified atom stereocenters. The molecule has 0 atom stereocenters. The van der Waals surface area contributed by atoms with Crippen LogP contribution in [0.2, 0.25) is 0 Å². The number of aromatic amines is 1. The average Bonchev–Trinajstić information content (AvgIpc) is 2.93. The molecule has 0 radical (unpaired) electrons. The third-order valence-electron chi connectivity index (χ3n) is 2.65. The summed E-state index contributed by atoms with van der Waals surface area (Å²) in [5.41, 5.74) is 0.223. The van der Waals surface area contributed by atoms with Crippen molar-refractivity contribution in [1.82, 2.24) is 19.9 Å². The number of urea groups is 1. The van der Waals surface area contributed by atoms with Crippen LogP contribution in [0.3, 0.4) is 0 Å². The molecule has 9 heteroatoms. The van der Waals surface area contributed by atoms with Crippen LogP contribution >= 0.6 is 0 Å². The van der Waals surface area contributed by atoms with Crippen molar-refractivity contribution in [2.75, 3.05) is 10.6 Å². The van der Waals surface area contributed by atoms with Crippen LogP contribution in [0.1, 0.15) is 0 Å². The van der Waals surface area contributed by atoms with Crippen LogP contribution in [0.4, 0.5) is 25.1 Å². The summed E-state index contributed by atoms with van der Waals surface area (Å²) in [6.45, 7) is 0. The highest BCUT2D eigenvalue weighted by Crippen LogP contribution is 2.19. The Morgan fingerprint density at radius 1 is 1.10 bits per heavy atom. The second kappa shape index (κ2) is 5.12. The minimum Gasteiger partial charge on any atom is -0.329 e. The maximum Gasteiger partial charge on any atom is 0.325 e. The molecule has 2 aromatic heterocycles. The number of fused-ring (bicyclic) bond motifs is 1. The number of benzene rings is 1. The standard InChI is InChI=1S/C12H8F2N6O/c13-6-2-1-3-7(14)8(6)19-12(21)20-11-9-10(16-4-15-9)17-5-18-11/h1-5H,(H3,15,16,17,18,19,20,21). The van der Waals surface area contributed by atoms with Crippen molar-refractivity contribution in [1.29, 1.82) is 0 Å². The summed E-state index contributed by atoms with van der Waals surface area (Å²) in [7, 11) is 0. The lowest BCUT2D eigenvalue weighted by molar-refractivity contribution is 0.262. The van der Waals surface area contributed by atoms with Gasteiger partial charge in [-0.3, -0.25) is 5.32 Å².